The van der Waals surface area contributed by atoms with E-state index in [0.717, 1.165) is 6.42 Å². The third kappa shape index (κ3) is 3.07. The average Bonchev–Trinajstić information content (AvgIpc) is 3.22. The van der Waals surface area contributed by atoms with Crippen LogP contribution in [0.25, 0.3) is 11.5 Å². The van der Waals surface area contributed by atoms with Crippen LogP contribution >= 0.6 is 0 Å². The number of hydrogen-bond acceptors (Lipinski definition) is 6. The van der Waals surface area contributed by atoms with Gasteiger partial charge in [-0.05, 0) is 24.3 Å². The maximum absolute atomic E-state index is 12.6. The molecule has 1 aromatic carbocycles. The summed E-state index contributed by atoms with van der Waals surface area (Å²) in [4.78, 5) is 0.668. The maximum atomic E-state index is 12.6. The number of ether oxygens (including phenoxy) is 2. The van der Waals surface area contributed by atoms with Crippen LogP contribution in [0.4, 0.5) is 0 Å². The van der Waals surface area contributed by atoms with Gasteiger partial charge in [-0.15, -0.1) is 0 Å². The fraction of sp³-hybridized carbons (Fsp3) is 0.235. The van der Waals surface area contributed by atoms with E-state index in [4.69, 9.17) is 18.4 Å². The number of rotatable bonds is 4. The van der Waals surface area contributed by atoms with Gasteiger partial charge in [0.05, 0.1) is 41.7 Å². The predicted octanol–water partition coefficient (Wildman–Crippen LogP) is 3.40. The fourth-order valence-electron chi connectivity index (χ4n) is 2.42. The Morgan fingerprint density at radius 2 is 1.92 bits per heavy atom. The van der Waals surface area contributed by atoms with Crippen LogP contribution in [-0.2, 0) is 16.6 Å². The van der Waals surface area contributed by atoms with Crippen molar-refractivity contribution in [1.29, 1.82) is 0 Å². The normalized spacial score (nSPS) is 15.0. The van der Waals surface area contributed by atoms with Crippen molar-refractivity contribution in [2.45, 2.75) is 17.1 Å². The number of nitrogens with zero attached hydrogens (tertiary/aromatic N) is 1. The quantitative estimate of drug-likeness (QED) is 0.721. The molecule has 0 bridgehead atoms. The number of hydrogen-bond donors (Lipinski definition) is 0. The molecule has 0 spiro atoms. The second-order valence-electron chi connectivity index (χ2n) is 5.31. The van der Waals surface area contributed by atoms with E-state index in [1.165, 1.54) is 0 Å². The smallest absolute Gasteiger partial charge is 0.202 e. The first-order chi connectivity index (χ1) is 11.8. The number of fused-ring (bicyclic) bond motifs is 1. The molecule has 3 heterocycles. The highest BCUT2D eigenvalue weighted by Crippen LogP contribution is 2.32. The van der Waals surface area contributed by atoms with Crippen molar-refractivity contribution in [3.05, 3.63) is 48.4 Å². The Balaban J connectivity index is 1.51. The Hall–Kier alpha value is -2.54. The van der Waals surface area contributed by atoms with Gasteiger partial charge in [-0.2, -0.15) is 0 Å². The lowest BCUT2D eigenvalue weighted by atomic mass is 10.3. The number of aromatic nitrogens is 1. The SMILES string of the molecule is O=[S@](Cc1cc(-c2ccco2)on1)c1ccc2c(c1)OCCCO2. The Kier molecular flexibility index (Phi) is 4.08. The summed E-state index contributed by atoms with van der Waals surface area (Å²) in [6, 6.07) is 10.6. The first-order valence-electron chi connectivity index (χ1n) is 7.57. The molecule has 2 aromatic heterocycles. The standard InChI is InChI=1S/C17H15NO5S/c19-24(11-12-9-17(23-18-12)14-3-1-6-20-14)13-4-5-15-16(10-13)22-8-2-7-21-15/h1,3-6,9-10H,2,7-8,11H2/t24-/m1/s1. The Bertz CT molecular complexity index is 856. The molecular weight excluding hydrogens is 330 g/mol. The lowest BCUT2D eigenvalue weighted by Crippen LogP contribution is -1.99. The molecule has 0 radical (unpaired) electrons. The molecule has 7 heteroatoms. The minimum atomic E-state index is -1.26. The third-order valence-electron chi connectivity index (χ3n) is 3.58. The number of benzene rings is 1. The van der Waals surface area contributed by atoms with Gasteiger partial charge in [-0.3, -0.25) is 4.21 Å². The van der Waals surface area contributed by atoms with Crippen LogP contribution in [0.2, 0.25) is 0 Å². The van der Waals surface area contributed by atoms with Crippen molar-refractivity contribution in [3.63, 3.8) is 0 Å². The van der Waals surface area contributed by atoms with Crippen molar-refractivity contribution in [1.82, 2.24) is 5.16 Å². The highest BCUT2D eigenvalue weighted by molar-refractivity contribution is 7.84. The van der Waals surface area contributed by atoms with Gasteiger partial charge in [0.15, 0.2) is 17.3 Å². The molecule has 1 aliphatic heterocycles. The highest BCUT2D eigenvalue weighted by atomic mass is 32.2. The fourth-order valence-corrected chi connectivity index (χ4v) is 3.45. The lowest BCUT2D eigenvalue weighted by molar-refractivity contribution is 0.297. The molecule has 124 valence electrons. The molecule has 3 aromatic rings. The molecule has 24 heavy (non-hydrogen) atoms. The molecule has 4 rings (SSSR count). The van der Waals surface area contributed by atoms with E-state index in [-0.39, 0.29) is 5.75 Å². The summed E-state index contributed by atoms with van der Waals surface area (Å²) in [6.45, 7) is 1.23. The van der Waals surface area contributed by atoms with Gasteiger partial charge in [0.25, 0.3) is 0 Å². The van der Waals surface area contributed by atoms with Crippen molar-refractivity contribution >= 4 is 10.8 Å². The Morgan fingerprint density at radius 1 is 1.04 bits per heavy atom. The molecule has 1 atom stereocenters. The lowest BCUT2D eigenvalue weighted by Gasteiger charge is -2.08. The molecule has 6 nitrogen and oxygen atoms in total. The van der Waals surface area contributed by atoms with E-state index >= 15 is 0 Å². The van der Waals surface area contributed by atoms with E-state index in [2.05, 4.69) is 5.16 Å². The van der Waals surface area contributed by atoms with Gasteiger partial charge < -0.3 is 18.4 Å². The molecule has 0 saturated heterocycles. The third-order valence-corrected chi connectivity index (χ3v) is 4.92. The van der Waals surface area contributed by atoms with E-state index in [1.54, 1.807) is 42.7 Å². The minimum Gasteiger partial charge on any atom is -0.490 e. The zero-order valence-corrected chi connectivity index (χ0v) is 13.6. The zero-order chi connectivity index (χ0) is 16.4. The van der Waals surface area contributed by atoms with Crippen molar-refractivity contribution in [3.8, 4) is 23.0 Å². The predicted molar refractivity (Wildman–Crippen MR) is 86.4 cm³/mol. The Morgan fingerprint density at radius 3 is 2.75 bits per heavy atom. The zero-order valence-electron chi connectivity index (χ0n) is 12.8. The molecule has 1 aliphatic rings. The van der Waals surface area contributed by atoms with Gasteiger partial charge in [0.2, 0.25) is 5.76 Å². The van der Waals surface area contributed by atoms with Crippen LogP contribution in [0.15, 0.2) is 56.5 Å². The highest BCUT2D eigenvalue weighted by Gasteiger charge is 2.16. The summed E-state index contributed by atoms with van der Waals surface area (Å²) in [5, 5.41) is 3.96. The van der Waals surface area contributed by atoms with E-state index in [9.17, 15) is 4.21 Å². The summed E-state index contributed by atoms with van der Waals surface area (Å²) in [7, 11) is -1.26. The molecule has 0 aliphatic carbocycles. The van der Waals surface area contributed by atoms with Crippen LogP contribution in [-0.4, -0.2) is 22.6 Å². The number of furan rings is 1. The van der Waals surface area contributed by atoms with E-state index in [1.807, 2.05) is 0 Å². The minimum absolute atomic E-state index is 0.254. The van der Waals surface area contributed by atoms with Crippen LogP contribution in [0.1, 0.15) is 12.1 Å². The van der Waals surface area contributed by atoms with E-state index in [0.29, 0.717) is 46.8 Å². The summed E-state index contributed by atoms with van der Waals surface area (Å²) in [6.07, 6.45) is 2.40. The van der Waals surface area contributed by atoms with Crippen molar-refractivity contribution in [2.75, 3.05) is 13.2 Å². The van der Waals surface area contributed by atoms with Gasteiger partial charge in [-0.25, -0.2) is 0 Å². The summed E-state index contributed by atoms with van der Waals surface area (Å²) in [5.74, 6) is 2.69. The summed E-state index contributed by atoms with van der Waals surface area (Å²) >= 11 is 0. The van der Waals surface area contributed by atoms with Crippen LogP contribution in [0.5, 0.6) is 11.5 Å². The molecule has 0 fully saturated rings. The van der Waals surface area contributed by atoms with Gasteiger partial charge in [0, 0.05) is 23.4 Å². The second-order valence-corrected chi connectivity index (χ2v) is 6.76. The molecular formula is C17H15NO5S. The molecule has 0 N–H and O–H groups in total. The maximum Gasteiger partial charge on any atom is 0.202 e. The van der Waals surface area contributed by atoms with Crippen molar-refractivity contribution < 1.29 is 22.6 Å². The summed E-state index contributed by atoms with van der Waals surface area (Å²) in [5.41, 5.74) is 0.604. The first kappa shape index (κ1) is 15.0. The first-order valence-corrected chi connectivity index (χ1v) is 8.89. The van der Waals surface area contributed by atoms with Gasteiger partial charge in [0.1, 0.15) is 0 Å². The largest absolute Gasteiger partial charge is 0.490 e. The van der Waals surface area contributed by atoms with E-state index < -0.39 is 10.8 Å². The second kappa shape index (κ2) is 6.52. The Labute approximate surface area is 140 Å². The van der Waals surface area contributed by atoms with Gasteiger partial charge >= 0.3 is 0 Å². The van der Waals surface area contributed by atoms with Crippen LogP contribution in [0.3, 0.4) is 0 Å². The van der Waals surface area contributed by atoms with Gasteiger partial charge in [-0.1, -0.05) is 5.16 Å². The van der Waals surface area contributed by atoms with Crippen molar-refractivity contribution in [2.24, 2.45) is 0 Å². The monoisotopic (exact) mass is 345 g/mol. The topological polar surface area (TPSA) is 74.7 Å². The molecule has 0 amide bonds. The molecule has 0 saturated carbocycles. The molecule has 0 unspecified atom stereocenters. The van der Waals surface area contributed by atoms with Crippen LogP contribution < -0.4 is 9.47 Å². The average molecular weight is 345 g/mol. The van der Waals surface area contributed by atoms with Crippen LogP contribution in [0, 0.1) is 0 Å². The summed E-state index contributed by atoms with van der Waals surface area (Å²) < 4.78 is 34.3.